The second kappa shape index (κ2) is 29.7. The van der Waals surface area contributed by atoms with Crippen molar-refractivity contribution in [2.24, 2.45) is 35.5 Å². The van der Waals surface area contributed by atoms with E-state index in [9.17, 15) is 13.2 Å². The molecular weight excluding hydrogens is 1110 g/mol. The molecule has 23 heteroatoms. The number of benzene rings is 1. The minimum atomic E-state index is -0.792. The molecule has 0 unspecified atom stereocenters. The van der Waals surface area contributed by atoms with Gasteiger partial charge in [-0.25, -0.2) is 28.1 Å². The molecule has 1 aromatic carbocycles. The van der Waals surface area contributed by atoms with Crippen molar-refractivity contribution in [3.63, 3.8) is 0 Å². The van der Waals surface area contributed by atoms with E-state index in [0.29, 0.717) is 66.3 Å². The average molecular weight is 1200 g/mol. The summed E-state index contributed by atoms with van der Waals surface area (Å²) in [5, 5.41) is 18.0. The lowest BCUT2D eigenvalue weighted by Crippen LogP contribution is -2.45. The van der Waals surface area contributed by atoms with Gasteiger partial charge in [0.15, 0.2) is 0 Å². The Kier molecular flexibility index (Phi) is 22.3. The summed E-state index contributed by atoms with van der Waals surface area (Å²) in [4.78, 5) is 34.2. The van der Waals surface area contributed by atoms with Crippen LogP contribution in [0.4, 0.5) is 53.8 Å². The maximum absolute atomic E-state index is 14.2. The van der Waals surface area contributed by atoms with Gasteiger partial charge in [0.2, 0.25) is 35.3 Å². The van der Waals surface area contributed by atoms with E-state index >= 15 is 0 Å². The number of anilines is 7. The number of rotatable bonds is 18. The third kappa shape index (κ3) is 18.6. The molecule has 0 radical (unpaired) electrons. The van der Waals surface area contributed by atoms with Gasteiger partial charge in [-0.3, -0.25) is 9.69 Å². The van der Waals surface area contributed by atoms with Crippen LogP contribution in [0.15, 0.2) is 55.2 Å². The van der Waals surface area contributed by atoms with Gasteiger partial charge >= 0.3 is 11.3 Å². The molecule has 4 fully saturated rings. The maximum atomic E-state index is 14.2. The molecule has 0 amide bonds. The zero-order chi connectivity index (χ0) is 62.4. The molecule has 0 bridgehead atoms. The largest absolute Gasteiger partial charge is 0.475 e. The van der Waals surface area contributed by atoms with E-state index in [4.69, 9.17) is 32.1 Å². The Labute approximate surface area is 510 Å². The topological polar surface area (TPSA) is 198 Å². The molecule has 6 aromatic rings. The molecule has 0 spiro atoms. The smallest absolute Gasteiger partial charge is 0.319 e. The highest BCUT2D eigenvalue weighted by Crippen LogP contribution is 2.34. The zero-order valence-electron chi connectivity index (χ0n) is 52.4. The van der Waals surface area contributed by atoms with E-state index in [1.165, 1.54) is 44.7 Å². The lowest BCUT2D eigenvalue weighted by atomic mass is 9.83. The average Bonchev–Trinajstić information content (AvgIpc) is 2.25. The normalized spacial score (nSPS) is 22.2. The SMILES string of the molecule is CC1CCC(COc2nc(Nc3ccc(N4C[C@@H](C)O[C@@H](C)C4)cc3)ncc2F)CC1.[C-]#[N+]C(C)(C)n1cc(Nc2ncc(F)c(OCC3CCC(C)CC3)n2)c(C)n1.[C-]#[N+]C(C)(C)n1cc(Nc2ncc(F)c(OCC3CCC(C)CC3)n2)c(C)n1. The number of aromatic nitrogens is 10. The number of morpholine rings is 1. The highest BCUT2D eigenvalue weighted by molar-refractivity contribution is 5.60. The van der Waals surface area contributed by atoms with Gasteiger partial charge in [-0.2, -0.15) is 47.7 Å². The Morgan fingerprint density at radius 2 is 0.862 bits per heavy atom. The van der Waals surface area contributed by atoms with E-state index in [0.717, 1.165) is 93.1 Å². The molecule has 20 nitrogen and oxygen atoms in total. The molecule has 6 heterocycles. The Morgan fingerprint density at radius 1 is 0.529 bits per heavy atom. The fourth-order valence-electron chi connectivity index (χ4n) is 11.0. The Morgan fingerprint density at radius 3 is 1.20 bits per heavy atom. The minimum Gasteiger partial charge on any atom is -0.475 e. The first-order valence-corrected chi connectivity index (χ1v) is 30.7. The third-order valence-electron chi connectivity index (χ3n) is 16.8. The summed E-state index contributed by atoms with van der Waals surface area (Å²) in [7, 11) is 0. The molecule has 1 saturated heterocycles. The van der Waals surface area contributed by atoms with Crippen LogP contribution in [0.1, 0.15) is 151 Å². The van der Waals surface area contributed by atoms with Crippen LogP contribution in [-0.2, 0) is 16.1 Å². The second-order valence-electron chi connectivity index (χ2n) is 25.3. The van der Waals surface area contributed by atoms with Crippen LogP contribution in [-0.4, -0.2) is 94.6 Å². The second-order valence-corrected chi connectivity index (χ2v) is 25.3. The van der Waals surface area contributed by atoms with Crippen molar-refractivity contribution < 1.29 is 32.1 Å². The van der Waals surface area contributed by atoms with Crippen molar-refractivity contribution in [1.82, 2.24) is 49.5 Å². The van der Waals surface area contributed by atoms with Crippen LogP contribution in [0.3, 0.4) is 0 Å². The third-order valence-corrected chi connectivity index (χ3v) is 16.8. The standard InChI is InChI=1S/C24H33FN4O2.2C20H27FN6O/c1-16-4-6-19(7-5-16)15-30-23-22(25)12-26-24(28-23)27-20-8-10-21(11-9-20)29-13-17(2)31-18(3)14-29;2*1-13-6-8-15(9-7-13)12-28-18-16(21)10-23-19(25-18)24-17-11-27(26-14(17)2)20(3,4)22-5/h8-12,16-19H,4-7,13-15H2,1-3H3,(H,26,27,28);2*10-11,13,15H,6-9,12H2,1-4H3,(H,23,24,25)/t16?,17-,18+,19?;;. The predicted octanol–water partition coefficient (Wildman–Crippen LogP) is 14.5. The van der Waals surface area contributed by atoms with Crippen LogP contribution in [0.2, 0.25) is 0 Å². The van der Waals surface area contributed by atoms with E-state index < -0.39 is 28.8 Å². The molecule has 4 aliphatic rings. The first kappa shape index (κ1) is 65.2. The molecule has 3 aliphatic carbocycles. The molecule has 87 heavy (non-hydrogen) atoms. The lowest BCUT2D eigenvalue weighted by Gasteiger charge is -2.36. The minimum absolute atomic E-state index is 0.0176. The van der Waals surface area contributed by atoms with Gasteiger partial charge in [-0.05, 0) is 126 Å². The van der Waals surface area contributed by atoms with Crippen molar-refractivity contribution in [3.8, 4) is 17.6 Å². The molecule has 5 aromatic heterocycles. The summed E-state index contributed by atoms with van der Waals surface area (Å²) in [5.41, 5.74) is 3.13. The monoisotopic (exact) mass is 1200 g/mol. The molecular formula is C64H87F3N16O4. The molecule has 10 rings (SSSR count). The fraction of sp³-hybridized carbons (Fsp3) is 0.594. The van der Waals surface area contributed by atoms with Crippen molar-refractivity contribution in [2.45, 2.75) is 177 Å². The van der Waals surface area contributed by atoms with Crippen LogP contribution < -0.4 is 35.1 Å². The van der Waals surface area contributed by atoms with E-state index in [2.05, 4.69) is 117 Å². The predicted molar refractivity (Wildman–Crippen MR) is 330 cm³/mol. The van der Waals surface area contributed by atoms with Crippen molar-refractivity contribution in [3.05, 3.63) is 107 Å². The van der Waals surface area contributed by atoms with Gasteiger partial charge in [-0.15, -0.1) is 0 Å². The van der Waals surface area contributed by atoms with E-state index in [-0.39, 0.29) is 41.7 Å². The maximum Gasteiger partial charge on any atom is 0.319 e. The highest BCUT2D eigenvalue weighted by atomic mass is 19.1. The number of nitrogens with one attached hydrogen (secondary N) is 3. The van der Waals surface area contributed by atoms with Gasteiger partial charge in [0.05, 0.1) is 85.8 Å². The summed E-state index contributed by atoms with van der Waals surface area (Å²) in [6.45, 7) is 39.6. The first-order valence-electron chi connectivity index (χ1n) is 30.7. The van der Waals surface area contributed by atoms with E-state index in [1.807, 2.05) is 26.0 Å². The Bertz CT molecular complexity index is 3110. The van der Waals surface area contributed by atoms with Crippen LogP contribution in [0.25, 0.3) is 9.69 Å². The lowest BCUT2D eigenvalue weighted by molar-refractivity contribution is -0.00521. The quantitative estimate of drug-likeness (QED) is 0.0686. The summed E-state index contributed by atoms with van der Waals surface area (Å²) in [6, 6.07) is 8.10. The van der Waals surface area contributed by atoms with Crippen LogP contribution >= 0.6 is 0 Å². The fourth-order valence-corrected chi connectivity index (χ4v) is 11.0. The summed E-state index contributed by atoms with van der Waals surface area (Å²) in [5.74, 6) is 2.73. The van der Waals surface area contributed by atoms with Gasteiger partial charge < -0.3 is 39.8 Å². The number of hydrogen-bond acceptors (Lipinski definition) is 16. The number of aryl methyl sites for hydroxylation is 2. The molecule has 2 atom stereocenters. The van der Waals surface area contributed by atoms with E-state index in [1.54, 1.807) is 49.5 Å². The summed E-state index contributed by atoms with van der Waals surface area (Å²) >= 11 is 0. The van der Waals surface area contributed by atoms with Crippen molar-refractivity contribution in [2.75, 3.05) is 53.8 Å². The zero-order valence-corrected chi connectivity index (χ0v) is 52.4. The summed E-state index contributed by atoms with van der Waals surface area (Å²) in [6.07, 6.45) is 21.1. The van der Waals surface area contributed by atoms with Crippen molar-refractivity contribution >= 4 is 40.6 Å². The summed E-state index contributed by atoms with van der Waals surface area (Å²) < 4.78 is 68.4. The molecule has 3 saturated carbocycles. The number of hydrogen-bond donors (Lipinski definition) is 3. The molecule has 3 N–H and O–H groups in total. The van der Waals surface area contributed by atoms with Crippen molar-refractivity contribution in [1.29, 1.82) is 0 Å². The van der Waals surface area contributed by atoms with Crippen LogP contribution in [0, 0.1) is 80.0 Å². The van der Waals surface area contributed by atoms with Gasteiger partial charge in [0.25, 0.3) is 17.6 Å². The van der Waals surface area contributed by atoms with Gasteiger partial charge in [-0.1, -0.05) is 59.3 Å². The van der Waals surface area contributed by atoms with Crippen LogP contribution in [0.5, 0.6) is 17.6 Å². The Hall–Kier alpha value is -7.79. The number of nitrogens with zero attached hydrogens (tertiary/aromatic N) is 13. The number of halogens is 3. The van der Waals surface area contributed by atoms with Gasteiger partial charge in [0, 0.05) is 52.2 Å². The first-order chi connectivity index (χ1) is 41.5. The van der Waals surface area contributed by atoms with Gasteiger partial charge in [0.1, 0.15) is 0 Å². The molecule has 468 valence electrons. The number of ether oxygens (including phenoxy) is 4. The highest BCUT2D eigenvalue weighted by Gasteiger charge is 2.30. The Balaban J connectivity index is 0.000000170. The molecule has 1 aliphatic heterocycles.